The summed E-state index contributed by atoms with van der Waals surface area (Å²) in [5.74, 6) is 0. The molecule has 6 rings (SSSR count). The van der Waals surface area contributed by atoms with Gasteiger partial charge >= 0.3 is 0 Å². The van der Waals surface area contributed by atoms with E-state index in [4.69, 9.17) is 12.6 Å². The average Bonchev–Trinajstić information content (AvgIpc) is 3.30. The molecule has 0 spiro atoms. The van der Waals surface area contributed by atoms with Gasteiger partial charge in [-0.15, -0.1) is 53.6 Å². The molecule has 2 aromatic carbocycles. The first-order valence-corrected chi connectivity index (χ1v) is 11.0. The van der Waals surface area contributed by atoms with Crippen LogP contribution in [-0.2, 0) is 20.1 Å². The van der Waals surface area contributed by atoms with E-state index in [0.717, 1.165) is 38.9 Å². The minimum absolute atomic E-state index is 0. The maximum absolute atomic E-state index is 7.28. The number of benzene rings is 2. The number of hydrogen-bond donors (Lipinski definition) is 0. The Morgan fingerprint density at radius 1 is 0.806 bits per heavy atom. The zero-order valence-corrected chi connectivity index (χ0v) is 22.0. The van der Waals surface area contributed by atoms with Crippen LogP contribution in [0.25, 0.3) is 44.6 Å². The third-order valence-electron chi connectivity index (χ3n) is 5.46. The van der Waals surface area contributed by atoms with E-state index < -0.39 is 13.7 Å². The summed E-state index contributed by atoms with van der Waals surface area (Å²) < 4.78 is 49.6. The van der Waals surface area contributed by atoms with Crippen LogP contribution in [0.4, 0.5) is 0 Å². The Bertz CT molecular complexity index is 1770. The van der Waals surface area contributed by atoms with E-state index in [1.54, 1.807) is 12.1 Å². The topological polar surface area (TPSA) is 51.8 Å². The molecule has 0 aliphatic heterocycles. The maximum atomic E-state index is 7.28. The molecule has 4 nitrogen and oxygen atoms in total. The van der Waals surface area contributed by atoms with E-state index in [-0.39, 0.29) is 31.2 Å². The standard InChI is InChI=1S/C18H13N2O.C13H12N.Ir/c1-11-8-9-19-16(10-11)15-5-3-4-13-14-7-6-12(2)20-18(14)21-17(13)15;1-10-3-6-12(7-4-10)13-8-5-11(2)9-14-13;/h3-4,6-10H,1-2H3;3-6,8-9H,1-2H3;/q2*-1;/i;1D3,2D3;. The largest absolute Gasteiger partial charge is 0.486 e. The van der Waals surface area contributed by atoms with Gasteiger partial charge in [0.1, 0.15) is 0 Å². The third-order valence-corrected chi connectivity index (χ3v) is 5.46. The Morgan fingerprint density at radius 2 is 1.67 bits per heavy atom. The van der Waals surface area contributed by atoms with Gasteiger partial charge in [-0.05, 0) is 55.8 Å². The molecular formula is C31H25IrN3O-2. The van der Waals surface area contributed by atoms with Gasteiger partial charge in [-0.25, -0.2) is 4.98 Å². The molecule has 0 aliphatic rings. The summed E-state index contributed by atoms with van der Waals surface area (Å²) >= 11 is 0. The molecule has 36 heavy (non-hydrogen) atoms. The van der Waals surface area contributed by atoms with E-state index in [1.165, 1.54) is 24.4 Å². The van der Waals surface area contributed by atoms with E-state index in [1.807, 2.05) is 43.5 Å². The second kappa shape index (κ2) is 10.9. The normalized spacial score (nSPS) is 13.7. The quantitative estimate of drug-likeness (QED) is 0.181. The predicted octanol–water partition coefficient (Wildman–Crippen LogP) is 7.62. The van der Waals surface area contributed by atoms with Crippen molar-refractivity contribution in [3.8, 4) is 22.5 Å². The van der Waals surface area contributed by atoms with Crippen molar-refractivity contribution in [2.45, 2.75) is 27.6 Å². The molecule has 4 aromatic heterocycles. The number of aromatic nitrogens is 3. The minimum Gasteiger partial charge on any atom is -0.486 e. The monoisotopic (exact) mass is 654 g/mol. The van der Waals surface area contributed by atoms with Crippen LogP contribution in [0, 0.1) is 39.7 Å². The zero-order valence-electron chi connectivity index (χ0n) is 25.6. The molecule has 0 fully saturated rings. The molecule has 4 heterocycles. The molecule has 5 heteroatoms. The Kier molecular flexibility index (Phi) is 5.65. The van der Waals surface area contributed by atoms with Gasteiger partial charge in [0.2, 0.25) is 5.71 Å². The summed E-state index contributed by atoms with van der Waals surface area (Å²) in [7, 11) is 0. The van der Waals surface area contributed by atoms with Gasteiger partial charge in [-0.2, -0.15) is 0 Å². The van der Waals surface area contributed by atoms with Crippen molar-refractivity contribution in [2.75, 3.05) is 0 Å². The fourth-order valence-electron chi connectivity index (χ4n) is 3.72. The Morgan fingerprint density at radius 3 is 2.39 bits per heavy atom. The second-order valence-corrected chi connectivity index (χ2v) is 8.14. The first-order valence-electron chi connectivity index (χ1n) is 14.0. The first-order chi connectivity index (χ1) is 19.4. The van der Waals surface area contributed by atoms with Crippen molar-refractivity contribution in [2.24, 2.45) is 0 Å². The van der Waals surface area contributed by atoms with Crippen LogP contribution in [0.1, 0.15) is 30.6 Å². The smallest absolute Gasteiger partial charge is 0.216 e. The molecular weight excluding hydrogens is 623 g/mol. The van der Waals surface area contributed by atoms with Crippen LogP contribution in [0.2, 0.25) is 0 Å². The van der Waals surface area contributed by atoms with Crippen molar-refractivity contribution >= 4 is 22.1 Å². The van der Waals surface area contributed by atoms with Crippen LogP contribution in [0.3, 0.4) is 0 Å². The summed E-state index contributed by atoms with van der Waals surface area (Å²) in [6.07, 6.45) is 3.11. The van der Waals surface area contributed by atoms with E-state index in [0.29, 0.717) is 17.0 Å². The zero-order chi connectivity index (χ0) is 29.4. The molecule has 6 aromatic rings. The molecule has 0 aliphatic carbocycles. The van der Waals surface area contributed by atoms with Crippen molar-refractivity contribution in [3.63, 3.8) is 0 Å². The van der Waals surface area contributed by atoms with Crippen molar-refractivity contribution in [3.05, 3.63) is 114 Å². The van der Waals surface area contributed by atoms with Crippen molar-refractivity contribution in [1.82, 2.24) is 15.0 Å². The molecule has 0 unspecified atom stereocenters. The molecule has 0 saturated heterocycles. The second-order valence-electron chi connectivity index (χ2n) is 8.14. The molecule has 0 saturated carbocycles. The van der Waals surface area contributed by atoms with Crippen molar-refractivity contribution in [1.29, 1.82) is 0 Å². The van der Waals surface area contributed by atoms with Gasteiger partial charge in [-0.1, -0.05) is 41.6 Å². The van der Waals surface area contributed by atoms with Gasteiger partial charge in [-0.3, -0.25) is 0 Å². The Balaban J connectivity index is 0.000000189. The Labute approximate surface area is 233 Å². The van der Waals surface area contributed by atoms with Gasteiger partial charge in [0.25, 0.3) is 0 Å². The van der Waals surface area contributed by atoms with Crippen LogP contribution < -0.4 is 0 Å². The van der Waals surface area contributed by atoms with Crippen molar-refractivity contribution < 1.29 is 32.7 Å². The van der Waals surface area contributed by atoms with Gasteiger partial charge in [0, 0.05) is 51.8 Å². The molecule has 0 atom stereocenters. The number of furan rings is 1. The average molecular weight is 654 g/mol. The maximum Gasteiger partial charge on any atom is 0.216 e. The van der Waals surface area contributed by atoms with Gasteiger partial charge in [0.05, 0.1) is 5.58 Å². The fraction of sp³-hybridized carbons (Fsp3) is 0.129. The number of nitrogens with zero attached hydrogens (tertiary/aromatic N) is 3. The van der Waals surface area contributed by atoms with E-state index in [2.05, 4.69) is 40.1 Å². The van der Waals surface area contributed by atoms with Crippen LogP contribution in [0.5, 0.6) is 0 Å². The summed E-state index contributed by atoms with van der Waals surface area (Å²) in [6.45, 7) is -0.329. The molecule has 0 amide bonds. The molecule has 0 bridgehead atoms. The molecule has 0 N–H and O–H groups in total. The number of aryl methyl sites for hydroxylation is 4. The minimum atomic E-state index is -2.18. The number of hydrogen-bond acceptors (Lipinski definition) is 4. The summed E-state index contributed by atoms with van der Waals surface area (Å²) in [5.41, 5.74) is 6.87. The number of fused-ring (bicyclic) bond motifs is 3. The van der Waals surface area contributed by atoms with E-state index in [9.17, 15) is 0 Å². The number of pyridine rings is 3. The van der Waals surface area contributed by atoms with Gasteiger partial charge < -0.3 is 14.4 Å². The summed E-state index contributed by atoms with van der Waals surface area (Å²) in [4.78, 5) is 13.0. The summed E-state index contributed by atoms with van der Waals surface area (Å²) in [6, 6.07) is 25.7. The number of rotatable bonds is 2. The van der Waals surface area contributed by atoms with Crippen LogP contribution >= 0.6 is 0 Å². The fourth-order valence-corrected chi connectivity index (χ4v) is 3.72. The van der Waals surface area contributed by atoms with E-state index >= 15 is 0 Å². The molecule has 181 valence electrons. The van der Waals surface area contributed by atoms with Gasteiger partial charge in [0.15, 0.2) is 0 Å². The molecule has 1 radical (unpaired) electrons. The third kappa shape index (κ3) is 5.43. The first kappa shape index (κ1) is 18.6. The Hall–Kier alpha value is -3.66. The van der Waals surface area contributed by atoms with Crippen LogP contribution in [-0.4, -0.2) is 15.0 Å². The van der Waals surface area contributed by atoms with Crippen LogP contribution in [0.15, 0.2) is 83.5 Å². The SMILES string of the molecule is Cc1ccnc(-c2[c-]ccc3c2oc2nc(C)ccc23)c1.[2H]C([2H])([2H])c1c[c-]c(-c2ccc(C([2H])([2H])[2H])cn2)cc1.[Ir]. The summed E-state index contributed by atoms with van der Waals surface area (Å²) in [5, 5.41) is 2.08. The predicted molar refractivity (Wildman–Crippen MR) is 141 cm³/mol.